The van der Waals surface area contributed by atoms with Crippen LogP contribution in [0, 0.1) is 13.8 Å². The molecule has 2 aromatic heterocycles. The van der Waals surface area contributed by atoms with E-state index in [4.69, 9.17) is 14.8 Å². The number of rotatable bonds is 6. The van der Waals surface area contributed by atoms with Crippen LogP contribution in [-0.2, 0) is 0 Å². The second-order valence-corrected chi connectivity index (χ2v) is 7.86. The van der Waals surface area contributed by atoms with Crippen molar-refractivity contribution in [3.05, 3.63) is 41.7 Å². The van der Waals surface area contributed by atoms with Gasteiger partial charge in [-0.25, -0.2) is 4.98 Å². The molecule has 0 bridgehead atoms. The van der Waals surface area contributed by atoms with Crippen LogP contribution in [0.4, 0.5) is 5.82 Å². The Hall–Kier alpha value is -2.60. The van der Waals surface area contributed by atoms with Crippen molar-refractivity contribution in [1.82, 2.24) is 19.5 Å². The third kappa shape index (κ3) is 4.22. The Kier molecular flexibility index (Phi) is 6.00. The fourth-order valence-electron chi connectivity index (χ4n) is 4.24. The summed E-state index contributed by atoms with van der Waals surface area (Å²) in [5, 5.41) is 8.41. The number of nitrogens with zero attached hydrogens (tertiary/aromatic N) is 4. The number of aryl methyl sites for hydroxylation is 2. The SMILES string of the molecule is COc1ccccc1-c1c(C)nn2c(NCCN3CCCCCC3)cc(C)nc12. The number of ether oxygens (including phenoxy) is 1. The first-order valence-corrected chi connectivity index (χ1v) is 10.6. The number of likely N-dealkylation sites (tertiary alicyclic amines) is 1. The molecule has 0 unspecified atom stereocenters. The van der Waals surface area contributed by atoms with Crippen LogP contribution in [0.1, 0.15) is 37.1 Å². The lowest BCUT2D eigenvalue weighted by Crippen LogP contribution is -2.30. The number of nitrogens with one attached hydrogen (secondary N) is 1. The molecule has 1 aromatic carbocycles. The van der Waals surface area contributed by atoms with E-state index in [-0.39, 0.29) is 0 Å². The number of fused-ring (bicyclic) bond motifs is 1. The number of benzene rings is 1. The average Bonchev–Trinajstić information content (AvgIpc) is 2.88. The van der Waals surface area contributed by atoms with Gasteiger partial charge in [-0.2, -0.15) is 9.61 Å². The molecule has 4 rings (SSSR count). The predicted molar refractivity (Wildman–Crippen MR) is 118 cm³/mol. The molecule has 1 fully saturated rings. The Morgan fingerprint density at radius 1 is 1.07 bits per heavy atom. The molecule has 3 heterocycles. The third-order valence-corrected chi connectivity index (χ3v) is 5.70. The summed E-state index contributed by atoms with van der Waals surface area (Å²) in [5.74, 6) is 1.83. The summed E-state index contributed by atoms with van der Waals surface area (Å²) in [6.45, 7) is 8.46. The molecule has 0 radical (unpaired) electrons. The van der Waals surface area contributed by atoms with Gasteiger partial charge in [0.05, 0.1) is 18.4 Å². The van der Waals surface area contributed by atoms with Gasteiger partial charge in [0.25, 0.3) is 0 Å². The normalized spacial score (nSPS) is 15.4. The Bertz CT molecular complexity index is 973. The highest BCUT2D eigenvalue weighted by Gasteiger charge is 2.19. The second-order valence-electron chi connectivity index (χ2n) is 7.86. The first kappa shape index (κ1) is 19.7. The van der Waals surface area contributed by atoms with Crippen LogP contribution < -0.4 is 10.1 Å². The van der Waals surface area contributed by atoms with Crippen molar-refractivity contribution in [3.63, 3.8) is 0 Å². The van der Waals surface area contributed by atoms with Gasteiger partial charge in [0.1, 0.15) is 11.6 Å². The van der Waals surface area contributed by atoms with Crippen LogP contribution in [0.25, 0.3) is 16.8 Å². The van der Waals surface area contributed by atoms with Crippen LogP contribution in [0.2, 0.25) is 0 Å². The molecule has 0 aliphatic carbocycles. The third-order valence-electron chi connectivity index (χ3n) is 5.70. The number of hydrogen-bond acceptors (Lipinski definition) is 5. The van der Waals surface area contributed by atoms with Crippen LogP contribution in [-0.4, -0.2) is 52.8 Å². The fourth-order valence-corrected chi connectivity index (χ4v) is 4.24. The summed E-state index contributed by atoms with van der Waals surface area (Å²) >= 11 is 0. The van der Waals surface area contributed by atoms with Crippen LogP contribution in [0.3, 0.4) is 0 Å². The Morgan fingerprint density at radius 3 is 2.59 bits per heavy atom. The van der Waals surface area contributed by atoms with Gasteiger partial charge in [0.2, 0.25) is 0 Å². The zero-order chi connectivity index (χ0) is 20.2. The first-order chi connectivity index (χ1) is 14.2. The van der Waals surface area contributed by atoms with Crippen molar-refractivity contribution in [1.29, 1.82) is 0 Å². The molecule has 6 heteroatoms. The van der Waals surface area contributed by atoms with E-state index in [0.717, 1.165) is 52.8 Å². The van der Waals surface area contributed by atoms with Gasteiger partial charge >= 0.3 is 0 Å². The standard InChI is InChI=1S/C23H31N5O/c1-17-16-21(24-12-15-27-13-8-4-5-9-14-27)28-23(25-17)22(18(2)26-28)19-10-6-7-11-20(19)29-3/h6-7,10-11,16,24H,4-5,8-9,12-15H2,1-3H3. The summed E-state index contributed by atoms with van der Waals surface area (Å²) in [6, 6.07) is 10.1. The van der Waals surface area contributed by atoms with Crippen LogP contribution >= 0.6 is 0 Å². The quantitative estimate of drug-likeness (QED) is 0.676. The zero-order valence-corrected chi connectivity index (χ0v) is 17.7. The summed E-state index contributed by atoms with van der Waals surface area (Å²) in [5.41, 5.74) is 4.84. The van der Waals surface area contributed by atoms with Gasteiger partial charge in [-0.15, -0.1) is 0 Å². The van der Waals surface area contributed by atoms with Gasteiger partial charge in [-0.05, 0) is 45.8 Å². The van der Waals surface area contributed by atoms with Gasteiger partial charge in [-0.3, -0.25) is 0 Å². The van der Waals surface area contributed by atoms with E-state index in [9.17, 15) is 0 Å². The Labute approximate surface area is 172 Å². The summed E-state index contributed by atoms with van der Waals surface area (Å²) in [4.78, 5) is 7.38. The number of para-hydroxylation sites is 1. The van der Waals surface area contributed by atoms with Crippen molar-refractivity contribution in [2.24, 2.45) is 0 Å². The van der Waals surface area contributed by atoms with Gasteiger partial charge in [0.15, 0.2) is 5.65 Å². The predicted octanol–water partition coefficient (Wildman–Crippen LogP) is 4.31. The molecule has 154 valence electrons. The molecule has 0 atom stereocenters. The van der Waals surface area contributed by atoms with Crippen molar-refractivity contribution in [2.45, 2.75) is 39.5 Å². The van der Waals surface area contributed by atoms with Crippen LogP contribution in [0.15, 0.2) is 30.3 Å². The van der Waals surface area contributed by atoms with E-state index < -0.39 is 0 Å². The van der Waals surface area contributed by atoms with Gasteiger partial charge in [-0.1, -0.05) is 31.0 Å². The lowest BCUT2D eigenvalue weighted by atomic mass is 10.1. The lowest BCUT2D eigenvalue weighted by molar-refractivity contribution is 0.296. The summed E-state index contributed by atoms with van der Waals surface area (Å²) in [6.07, 6.45) is 5.37. The summed E-state index contributed by atoms with van der Waals surface area (Å²) < 4.78 is 7.53. The molecule has 1 aliphatic rings. The first-order valence-electron chi connectivity index (χ1n) is 10.6. The monoisotopic (exact) mass is 393 g/mol. The molecular formula is C23H31N5O. The summed E-state index contributed by atoms with van der Waals surface area (Å²) in [7, 11) is 1.70. The largest absolute Gasteiger partial charge is 0.496 e. The fraction of sp³-hybridized carbons (Fsp3) is 0.478. The van der Waals surface area contributed by atoms with E-state index in [0.29, 0.717) is 0 Å². The second kappa shape index (κ2) is 8.82. The van der Waals surface area contributed by atoms with Crippen LogP contribution in [0.5, 0.6) is 5.75 Å². The smallest absolute Gasteiger partial charge is 0.165 e. The van der Waals surface area contributed by atoms with E-state index in [1.54, 1.807) is 7.11 Å². The lowest BCUT2D eigenvalue weighted by Gasteiger charge is -2.20. The van der Waals surface area contributed by atoms with E-state index in [1.165, 1.54) is 38.8 Å². The maximum absolute atomic E-state index is 5.59. The average molecular weight is 394 g/mol. The molecule has 0 spiro atoms. The molecule has 1 N–H and O–H groups in total. The maximum Gasteiger partial charge on any atom is 0.165 e. The minimum Gasteiger partial charge on any atom is -0.496 e. The molecule has 1 aliphatic heterocycles. The minimum atomic E-state index is 0.837. The maximum atomic E-state index is 5.59. The number of aromatic nitrogens is 3. The Morgan fingerprint density at radius 2 is 1.83 bits per heavy atom. The highest BCUT2D eigenvalue weighted by Crippen LogP contribution is 2.35. The van der Waals surface area contributed by atoms with Gasteiger partial charge in [0, 0.05) is 30.4 Å². The number of anilines is 1. The molecule has 29 heavy (non-hydrogen) atoms. The van der Waals surface area contributed by atoms with Crippen molar-refractivity contribution in [3.8, 4) is 16.9 Å². The van der Waals surface area contributed by atoms with E-state index >= 15 is 0 Å². The van der Waals surface area contributed by atoms with Gasteiger partial charge < -0.3 is 15.0 Å². The Balaban J connectivity index is 1.62. The van der Waals surface area contributed by atoms with Crippen molar-refractivity contribution in [2.75, 3.05) is 38.6 Å². The molecule has 3 aromatic rings. The molecule has 1 saturated heterocycles. The zero-order valence-electron chi connectivity index (χ0n) is 17.7. The topological polar surface area (TPSA) is 54.7 Å². The molecule has 0 amide bonds. The highest BCUT2D eigenvalue weighted by molar-refractivity contribution is 5.84. The van der Waals surface area contributed by atoms with Crippen molar-refractivity contribution < 1.29 is 4.74 Å². The molecule has 6 nitrogen and oxygen atoms in total. The van der Waals surface area contributed by atoms with E-state index in [1.807, 2.05) is 36.6 Å². The number of hydrogen-bond donors (Lipinski definition) is 1. The number of methoxy groups -OCH3 is 1. The minimum absolute atomic E-state index is 0.837. The highest BCUT2D eigenvalue weighted by atomic mass is 16.5. The molecule has 0 saturated carbocycles. The van der Waals surface area contributed by atoms with E-state index in [2.05, 4.69) is 22.3 Å². The van der Waals surface area contributed by atoms with Crippen molar-refractivity contribution >= 4 is 11.5 Å². The molecular weight excluding hydrogens is 362 g/mol.